The molecule has 2 aliphatic heterocycles. The lowest BCUT2D eigenvalue weighted by atomic mass is 10.00. The number of fused-ring (bicyclic) bond motifs is 1. The van der Waals surface area contributed by atoms with Crippen molar-refractivity contribution in [1.82, 2.24) is 15.5 Å². The van der Waals surface area contributed by atoms with Gasteiger partial charge in [-0.3, -0.25) is 14.6 Å². The van der Waals surface area contributed by atoms with Gasteiger partial charge in [-0.15, -0.1) is 0 Å². The van der Waals surface area contributed by atoms with Gasteiger partial charge in [0.1, 0.15) is 5.84 Å². The van der Waals surface area contributed by atoms with E-state index in [-0.39, 0.29) is 35.9 Å². The number of aliphatic hydroxyl groups is 1. The molecule has 2 bridgehead atoms. The van der Waals surface area contributed by atoms with Crippen LogP contribution in [-0.2, 0) is 9.59 Å². The number of carbonyl (C=O) groups is 2. The zero-order chi connectivity index (χ0) is 27.5. The van der Waals surface area contributed by atoms with E-state index in [1.807, 2.05) is 70.7 Å². The number of likely N-dealkylation sites (tertiary alicyclic amines) is 1. The average molecular weight is 531 g/mol. The Bertz CT molecular complexity index is 1010. The summed E-state index contributed by atoms with van der Waals surface area (Å²) >= 11 is 6.15. The number of hydrogen-bond donors (Lipinski definition) is 3. The second kappa shape index (κ2) is 14.9. The molecule has 2 amide bonds. The number of rotatable bonds is 7. The monoisotopic (exact) mass is 530 g/mol. The largest absolute Gasteiger partial charge is 0.393 e. The number of allylic oxidation sites excluding steroid dienone is 5. The second-order valence-corrected chi connectivity index (χ2v) is 9.97. The first-order chi connectivity index (χ1) is 17.7. The minimum atomic E-state index is -0.343. The van der Waals surface area contributed by atoms with Crippen molar-refractivity contribution in [2.45, 2.75) is 85.4 Å². The maximum Gasteiger partial charge on any atom is 0.250 e. The first kappa shape index (κ1) is 30.6. The van der Waals surface area contributed by atoms with Crippen LogP contribution in [0.1, 0.15) is 67.2 Å². The fourth-order valence-electron chi connectivity index (χ4n) is 4.27. The summed E-state index contributed by atoms with van der Waals surface area (Å²) in [6, 6.07) is -0.460. The lowest BCUT2D eigenvalue weighted by Gasteiger charge is -2.24. The number of amides is 2. The van der Waals surface area contributed by atoms with Gasteiger partial charge in [-0.25, -0.2) is 0 Å². The standard InChI is InChI=1S/C27H37ClN4O3.C2H6/c1-5-19(8-11-24(17(2)3)27(35)32-13-6-7-23(33)12-14-32)26(34)29-18(4)25-30-21-10-9-20(28)15-22(16-21)31-25;1-2/h8-11,15-18,21,23,33H,5-7,12-14H2,1-4H3,(H,29,34)(H,30,31);1-2H3/b19-8+,24-11+;. The van der Waals surface area contributed by atoms with Crippen molar-refractivity contribution in [2.24, 2.45) is 10.9 Å². The van der Waals surface area contributed by atoms with Crippen LogP contribution in [0.2, 0.25) is 0 Å². The predicted octanol–water partition coefficient (Wildman–Crippen LogP) is 4.76. The third-order valence-electron chi connectivity index (χ3n) is 6.41. The molecule has 2 heterocycles. The number of nitrogens with one attached hydrogen (secondary N) is 2. The Labute approximate surface area is 227 Å². The number of aliphatic hydroxyl groups excluding tert-OH is 1. The van der Waals surface area contributed by atoms with E-state index in [4.69, 9.17) is 11.6 Å². The van der Waals surface area contributed by atoms with Crippen LogP contribution in [0, 0.1) is 5.92 Å². The third kappa shape index (κ3) is 9.00. The molecular formula is C29H43ClN4O3. The average Bonchev–Trinajstić information content (AvgIpc) is 3.16. The Morgan fingerprint density at radius 1 is 1.24 bits per heavy atom. The molecule has 0 spiro atoms. The summed E-state index contributed by atoms with van der Waals surface area (Å²) in [7, 11) is 0. The van der Waals surface area contributed by atoms with Gasteiger partial charge >= 0.3 is 0 Å². The highest BCUT2D eigenvalue weighted by Gasteiger charge is 2.24. The first-order valence-corrected chi connectivity index (χ1v) is 13.9. The molecule has 3 aliphatic rings. The van der Waals surface area contributed by atoms with Gasteiger partial charge < -0.3 is 20.6 Å². The minimum absolute atomic E-state index is 0.0114. The lowest BCUT2D eigenvalue weighted by Crippen LogP contribution is -2.46. The zero-order valence-electron chi connectivity index (χ0n) is 23.1. The molecule has 3 atom stereocenters. The fourth-order valence-corrected chi connectivity index (χ4v) is 4.46. The molecule has 0 aromatic rings. The Morgan fingerprint density at radius 3 is 2.65 bits per heavy atom. The van der Waals surface area contributed by atoms with Crippen molar-refractivity contribution < 1.29 is 14.7 Å². The molecule has 7 nitrogen and oxygen atoms in total. The van der Waals surface area contributed by atoms with Crippen molar-refractivity contribution >= 4 is 29.3 Å². The second-order valence-electron chi connectivity index (χ2n) is 9.53. The van der Waals surface area contributed by atoms with Crippen LogP contribution < -0.4 is 10.6 Å². The van der Waals surface area contributed by atoms with Crippen LogP contribution in [0.25, 0.3) is 0 Å². The number of aliphatic imine (C=N–C) groups is 1. The van der Waals surface area contributed by atoms with E-state index in [9.17, 15) is 14.7 Å². The molecule has 37 heavy (non-hydrogen) atoms. The summed E-state index contributed by atoms with van der Waals surface area (Å²) in [6.07, 6.45) is 13.4. The fraction of sp³-hybridized carbons (Fsp3) is 0.552. The molecule has 3 unspecified atom stereocenters. The summed E-state index contributed by atoms with van der Waals surface area (Å²) in [4.78, 5) is 32.7. The smallest absolute Gasteiger partial charge is 0.250 e. The van der Waals surface area contributed by atoms with E-state index in [1.165, 1.54) is 0 Å². The van der Waals surface area contributed by atoms with Gasteiger partial charge in [0.05, 0.1) is 18.2 Å². The third-order valence-corrected chi connectivity index (χ3v) is 6.64. The highest BCUT2D eigenvalue weighted by atomic mass is 35.5. The van der Waals surface area contributed by atoms with Crippen LogP contribution in [0.15, 0.2) is 63.3 Å². The summed E-state index contributed by atoms with van der Waals surface area (Å²) in [6.45, 7) is 13.0. The Morgan fingerprint density at radius 2 is 1.97 bits per heavy atom. The predicted molar refractivity (Wildman–Crippen MR) is 152 cm³/mol. The van der Waals surface area contributed by atoms with Crippen molar-refractivity contribution in [3.05, 3.63) is 58.3 Å². The van der Waals surface area contributed by atoms with Crippen molar-refractivity contribution in [1.29, 1.82) is 0 Å². The normalized spacial score (nSPS) is 22.8. The van der Waals surface area contributed by atoms with Crippen LogP contribution in [-0.4, -0.2) is 58.9 Å². The number of halogens is 1. The van der Waals surface area contributed by atoms with E-state index in [0.717, 1.165) is 18.5 Å². The van der Waals surface area contributed by atoms with Gasteiger partial charge in [0, 0.05) is 35.0 Å². The number of carbonyl (C=O) groups excluding carboxylic acids is 2. The Balaban J connectivity index is 0.00000235. The summed E-state index contributed by atoms with van der Waals surface area (Å²) in [5, 5.41) is 16.8. The van der Waals surface area contributed by atoms with E-state index in [0.29, 0.717) is 47.9 Å². The van der Waals surface area contributed by atoms with Gasteiger partial charge in [0.25, 0.3) is 0 Å². The summed E-state index contributed by atoms with van der Waals surface area (Å²) in [5.41, 5.74) is 2.11. The van der Waals surface area contributed by atoms with Crippen LogP contribution in [0.3, 0.4) is 0 Å². The molecule has 204 valence electrons. The topological polar surface area (TPSA) is 94.0 Å². The molecule has 3 N–H and O–H groups in total. The minimum Gasteiger partial charge on any atom is -0.393 e. The molecule has 1 aliphatic carbocycles. The summed E-state index contributed by atoms with van der Waals surface area (Å²) < 4.78 is 0. The lowest BCUT2D eigenvalue weighted by molar-refractivity contribution is -0.127. The molecule has 8 heteroatoms. The van der Waals surface area contributed by atoms with E-state index < -0.39 is 0 Å². The highest BCUT2D eigenvalue weighted by Crippen LogP contribution is 2.20. The van der Waals surface area contributed by atoms with Gasteiger partial charge in [-0.05, 0) is 56.8 Å². The first-order valence-electron chi connectivity index (χ1n) is 13.5. The van der Waals surface area contributed by atoms with Crippen LogP contribution in [0.5, 0.6) is 0 Å². The van der Waals surface area contributed by atoms with Crippen LogP contribution in [0.4, 0.5) is 0 Å². The maximum atomic E-state index is 13.2. The molecule has 0 radical (unpaired) electrons. The van der Waals surface area contributed by atoms with Crippen LogP contribution >= 0.6 is 11.6 Å². The molecule has 3 rings (SSSR count). The molecule has 0 saturated carbocycles. The van der Waals surface area contributed by atoms with E-state index in [2.05, 4.69) is 15.6 Å². The van der Waals surface area contributed by atoms with Crippen molar-refractivity contribution in [2.75, 3.05) is 13.1 Å². The number of amidine groups is 1. The van der Waals surface area contributed by atoms with E-state index >= 15 is 0 Å². The van der Waals surface area contributed by atoms with E-state index in [1.54, 1.807) is 12.2 Å². The SMILES string of the molecule is CC.CC/C(=C\C=C(\C(=O)N1CCCC(O)CC1)C(C)C)C(=O)NC(C)C1=NC2C=CC(Cl)=CC(=C2)N1. The zero-order valence-corrected chi connectivity index (χ0v) is 23.8. The van der Waals surface area contributed by atoms with Gasteiger partial charge in [-0.2, -0.15) is 0 Å². The molecule has 1 saturated heterocycles. The van der Waals surface area contributed by atoms with Crippen molar-refractivity contribution in [3.8, 4) is 0 Å². The summed E-state index contributed by atoms with van der Waals surface area (Å²) in [5.74, 6) is 0.463. The van der Waals surface area contributed by atoms with Gasteiger partial charge in [0.2, 0.25) is 11.8 Å². The van der Waals surface area contributed by atoms with Crippen molar-refractivity contribution in [3.63, 3.8) is 0 Å². The Hall–Kier alpha value is -2.64. The highest BCUT2D eigenvalue weighted by molar-refractivity contribution is 6.31. The Kier molecular flexibility index (Phi) is 12.3. The molecular weight excluding hydrogens is 488 g/mol. The number of hydrogen-bond acceptors (Lipinski definition) is 5. The maximum absolute atomic E-state index is 13.2. The van der Waals surface area contributed by atoms with Gasteiger partial charge in [-0.1, -0.05) is 64.4 Å². The molecule has 0 aromatic heterocycles. The number of nitrogens with zero attached hydrogens (tertiary/aromatic N) is 2. The molecule has 0 aromatic carbocycles. The quantitative estimate of drug-likeness (QED) is 0.327. The molecule has 1 fully saturated rings. The van der Waals surface area contributed by atoms with Gasteiger partial charge in [0.15, 0.2) is 0 Å².